The number of hydrogen-bond donors (Lipinski definition) is 2. The van der Waals surface area contributed by atoms with E-state index in [0.29, 0.717) is 18.8 Å². The van der Waals surface area contributed by atoms with Gasteiger partial charge >= 0.3 is 0 Å². The summed E-state index contributed by atoms with van der Waals surface area (Å²) in [5.41, 5.74) is 6.55. The van der Waals surface area contributed by atoms with Crippen LogP contribution < -0.4 is 15.8 Å². The molecule has 2 rings (SSSR count). The largest absolute Gasteiger partial charge is 0.396 e. The highest BCUT2D eigenvalue weighted by molar-refractivity contribution is 7.89. The normalized spacial score (nSPS) is 22.8. The van der Waals surface area contributed by atoms with Gasteiger partial charge in [0.2, 0.25) is 10.0 Å². The molecule has 1 saturated heterocycles. The Labute approximate surface area is 119 Å². The first-order chi connectivity index (χ1) is 9.10. The predicted octanol–water partition coefficient (Wildman–Crippen LogP) is 0.920. The molecule has 1 atom stereocenters. The van der Waals surface area contributed by atoms with Gasteiger partial charge in [-0.2, -0.15) is 0 Å². The molecule has 0 amide bonds. The smallest absolute Gasteiger partial charge is 0.240 e. The van der Waals surface area contributed by atoms with Crippen molar-refractivity contribution in [1.82, 2.24) is 0 Å². The van der Waals surface area contributed by atoms with Crippen molar-refractivity contribution in [2.45, 2.75) is 37.4 Å². The van der Waals surface area contributed by atoms with Crippen LogP contribution in [-0.2, 0) is 14.8 Å². The zero-order chi connectivity index (χ0) is 15.1. The minimum absolute atomic E-state index is 0.0352. The van der Waals surface area contributed by atoms with Crippen LogP contribution in [0.1, 0.15) is 20.8 Å². The summed E-state index contributed by atoms with van der Waals surface area (Å²) in [5.74, 6) is 0. The number of nitrogens with two attached hydrogens (primary N) is 2. The molecule has 1 unspecified atom stereocenters. The first-order valence-corrected chi connectivity index (χ1v) is 7.99. The van der Waals surface area contributed by atoms with Crippen molar-refractivity contribution in [3.05, 3.63) is 18.2 Å². The molecule has 1 aliphatic rings. The molecule has 1 heterocycles. The Morgan fingerprint density at radius 2 is 2.05 bits per heavy atom. The van der Waals surface area contributed by atoms with Gasteiger partial charge in [-0.25, -0.2) is 13.6 Å². The van der Waals surface area contributed by atoms with Crippen LogP contribution in [0.5, 0.6) is 0 Å². The fourth-order valence-corrected chi connectivity index (χ4v) is 3.37. The molecule has 0 aliphatic carbocycles. The Morgan fingerprint density at radius 3 is 2.60 bits per heavy atom. The summed E-state index contributed by atoms with van der Waals surface area (Å²) < 4.78 is 28.9. The van der Waals surface area contributed by atoms with Crippen molar-refractivity contribution in [3.8, 4) is 0 Å². The van der Waals surface area contributed by atoms with Gasteiger partial charge in [0.05, 0.1) is 23.1 Å². The monoisotopic (exact) mass is 299 g/mol. The number of nitrogen functional groups attached to an aromatic ring is 1. The number of ether oxygens (including phenoxy) is 1. The SMILES string of the molecule is CC1CN(c2cccc(S(N)(=O)=O)c2N)CC(C)(C)O1. The molecule has 0 aromatic heterocycles. The fourth-order valence-electron chi connectivity index (χ4n) is 2.69. The average Bonchev–Trinajstić information content (AvgIpc) is 2.24. The van der Waals surface area contributed by atoms with Crippen molar-refractivity contribution in [3.63, 3.8) is 0 Å². The number of rotatable bonds is 2. The number of para-hydroxylation sites is 1. The van der Waals surface area contributed by atoms with Gasteiger partial charge < -0.3 is 15.4 Å². The summed E-state index contributed by atoms with van der Waals surface area (Å²) in [5, 5.41) is 5.19. The number of hydrogen-bond acceptors (Lipinski definition) is 5. The molecule has 0 radical (unpaired) electrons. The summed E-state index contributed by atoms with van der Waals surface area (Å²) >= 11 is 0. The molecule has 1 aromatic carbocycles. The second kappa shape index (κ2) is 4.91. The second-order valence-corrected chi connectivity index (χ2v) is 7.33. The molecule has 6 nitrogen and oxygen atoms in total. The lowest BCUT2D eigenvalue weighted by molar-refractivity contribution is -0.0749. The molecular formula is C13H21N3O3S. The third-order valence-electron chi connectivity index (χ3n) is 3.26. The van der Waals surface area contributed by atoms with Crippen LogP contribution >= 0.6 is 0 Å². The zero-order valence-corrected chi connectivity index (χ0v) is 12.8. The number of morpholine rings is 1. The molecule has 4 N–H and O–H groups in total. The number of anilines is 2. The maximum atomic E-state index is 11.5. The van der Waals surface area contributed by atoms with E-state index < -0.39 is 10.0 Å². The van der Waals surface area contributed by atoms with Gasteiger partial charge in [0.1, 0.15) is 4.90 Å². The van der Waals surface area contributed by atoms with E-state index in [1.165, 1.54) is 6.07 Å². The van der Waals surface area contributed by atoms with E-state index in [4.69, 9.17) is 15.6 Å². The molecule has 20 heavy (non-hydrogen) atoms. The van der Waals surface area contributed by atoms with Gasteiger partial charge in [-0.15, -0.1) is 0 Å². The van der Waals surface area contributed by atoms with Crippen LogP contribution in [0, 0.1) is 0 Å². The van der Waals surface area contributed by atoms with Gasteiger partial charge in [-0.05, 0) is 32.9 Å². The first-order valence-electron chi connectivity index (χ1n) is 6.44. The highest BCUT2D eigenvalue weighted by Gasteiger charge is 2.32. The van der Waals surface area contributed by atoms with Crippen LogP contribution in [0.4, 0.5) is 11.4 Å². The number of benzene rings is 1. The Kier molecular flexibility index (Phi) is 3.70. The summed E-state index contributed by atoms with van der Waals surface area (Å²) in [6.45, 7) is 7.26. The van der Waals surface area contributed by atoms with E-state index in [-0.39, 0.29) is 22.3 Å². The van der Waals surface area contributed by atoms with Gasteiger partial charge in [0.25, 0.3) is 0 Å². The summed E-state index contributed by atoms with van der Waals surface area (Å²) in [7, 11) is -3.82. The number of primary sulfonamides is 1. The molecule has 1 aromatic rings. The molecule has 0 saturated carbocycles. The van der Waals surface area contributed by atoms with Gasteiger partial charge in [0, 0.05) is 13.1 Å². The molecule has 1 fully saturated rings. The molecule has 0 spiro atoms. The van der Waals surface area contributed by atoms with Crippen molar-refractivity contribution in [1.29, 1.82) is 0 Å². The van der Waals surface area contributed by atoms with Gasteiger partial charge in [-0.1, -0.05) is 6.07 Å². The maximum absolute atomic E-state index is 11.5. The Bertz CT molecular complexity index is 613. The molecule has 0 bridgehead atoms. The standard InChI is InChI=1S/C13H21N3O3S/c1-9-7-16(8-13(2,3)19-9)10-5-4-6-11(12(10)14)20(15,17)18/h4-6,9H,7-8,14H2,1-3H3,(H2,15,17,18). The Morgan fingerprint density at radius 1 is 1.40 bits per heavy atom. The minimum Gasteiger partial charge on any atom is -0.396 e. The molecule has 1 aliphatic heterocycles. The van der Waals surface area contributed by atoms with Crippen molar-refractivity contribution in [2.75, 3.05) is 23.7 Å². The predicted molar refractivity (Wildman–Crippen MR) is 79.1 cm³/mol. The van der Waals surface area contributed by atoms with Gasteiger partial charge in [-0.3, -0.25) is 0 Å². The Balaban J connectivity index is 2.43. The zero-order valence-electron chi connectivity index (χ0n) is 12.0. The summed E-state index contributed by atoms with van der Waals surface area (Å²) in [4.78, 5) is 2.00. The van der Waals surface area contributed by atoms with Crippen molar-refractivity contribution < 1.29 is 13.2 Å². The average molecular weight is 299 g/mol. The lowest BCUT2D eigenvalue weighted by Gasteiger charge is -2.43. The molecule has 7 heteroatoms. The van der Waals surface area contributed by atoms with E-state index in [0.717, 1.165) is 0 Å². The molecule has 112 valence electrons. The topological polar surface area (TPSA) is 98.7 Å². The van der Waals surface area contributed by atoms with Crippen LogP contribution in [0.15, 0.2) is 23.1 Å². The quantitative estimate of drug-likeness (QED) is 0.791. The van der Waals surface area contributed by atoms with E-state index in [9.17, 15) is 8.42 Å². The highest BCUT2D eigenvalue weighted by Crippen LogP contribution is 2.33. The van der Waals surface area contributed by atoms with Crippen molar-refractivity contribution >= 4 is 21.4 Å². The molecular weight excluding hydrogens is 278 g/mol. The van der Waals surface area contributed by atoms with Crippen LogP contribution in [0.3, 0.4) is 0 Å². The van der Waals surface area contributed by atoms with Crippen LogP contribution in [0.2, 0.25) is 0 Å². The van der Waals surface area contributed by atoms with E-state index in [2.05, 4.69) is 0 Å². The number of nitrogens with zero attached hydrogens (tertiary/aromatic N) is 1. The Hall–Kier alpha value is -1.31. The van der Waals surface area contributed by atoms with Crippen molar-refractivity contribution in [2.24, 2.45) is 5.14 Å². The maximum Gasteiger partial charge on any atom is 0.240 e. The van der Waals surface area contributed by atoms with Gasteiger partial charge in [0.15, 0.2) is 0 Å². The number of sulfonamides is 1. The van der Waals surface area contributed by atoms with E-state index in [1.54, 1.807) is 12.1 Å². The summed E-state index contributed by atoms with van der Waals surface area (Å²) in [6.07, 6.45) is 0.0382. The fraction of sp³-hybridized carbons (Fsp3) is 0.538. The van der Waals surface area contributed by atoms with E-state index in [1.807, 2.05) is 25.7 Å². The lowest BCUT2D eigenvalue weighted by Crippen LogP contribution is -2.52. The van der Waals surface area contributed by atoms with Crippen LogP contribution in [-0.4, -0.2) is 33.2 Å². The van der Waals surface area contributed by atoms with Crippen LogP contribution in [0.25, 0.3) is 0 Å². The first kappa shape index (κ1) is 15.1. The third kappa shape index (κ3) is 3.05. The third-order valence-corrected chi connectivity index (χ3v) is 4.23. The highest BCUT2D eigenvalue weighted by atomic mass is 32.2. The second-order valence-electron chi connectivity index (χ2n) is 5.80. The summed E-state index contributed by atoms with van der Waals surface area (Å²) in [6, 6.07) is 4.87. The minimum atomic E-state index is -3.82. The van der Waals surface area contributed by atoms with E-state index >= 15 is 0 Å². The lowest BCUT2D eigenvalue weighted by atomic mass is 10.0.